The number of rotatable bonds is 4. The molecular formula is C17H19NO3. The Morgan fingerprint density at radius 1 is 1.14 bits per heavy atom. The van der Waals surface area contributed by atoms with Gasteiger partial charge in [0.25, 0.3) is 0 Å². The van der Waals surface area contributed by atoms with Crippen molar-refractivity contribution in [3.63, 3.8) is 0 Å². The Hall–Kier alpha value is -2.49. The largest absolute Gasteiger partial charge is 0.495 e. The van der Waals surface area contributed by atoms with Gasteiger partial charge >= 0.3 is 5.97 Å². The van der Waals surface area contributed by atoms with Crippen molar-refractivity contribution in [2.75, 3.05) is 12.8 Å². The number of hydrogen-bond donors (Lipinski definition) is 1. The van der Waals surface area contributed by atoms with Crippen molar-refractivity contribution in [1.29, 1.82) is 0 Å². The number of esters is 1. The molecule has 0 bridgehead atoms. The second-order valence-electron chi connectivity index (χ2n) is 4.96. The lowest BCUT2D eigenvalue weighted by Gasteiger charge is -2.10. The molecule has 21 heavy (non-hydrogen) atoms. The number of aryl methyl sites for hydroxylation is 2. The van der Waals surface area contributed by atoms with E-state index in [9.17, 15) is 4.79 Å². The third-order valence-electron chi connectivity index (χ3n) is 3.33. The average Bonchev–Trinajstić information content (AvgIpc) is 2.47. The SMILES string of the molecule is COc1ccc(C(=O)OCc2cc(C)ccc2C)cc1N. The molecule has 0 aromatic heterocycles. The van der Waals surface area contributed by atoms with E-state index in [0.717, 1.165) is 16.7 Å². The number of hydrogen-bond acceptors (Lipinski definition) is 4. The third-order valence-corrected chi connectivity index (χ3v) is 3.33. The number of methoxy groups -OCH3 is 1. The van der Waals surface area contributed by atoms with Gasteiger partial charge in [-0.25, -0.2) is 4.79 Å². The maximum Gasteiger partial charge on any atom is 0.338 e. The van der Waals surface area contributed by atoms with E-state index < -0.39 is 5.97 Å². The first kappa shape index (κ1) is 14.9. The fraction of sp³-hybridized carbons (Fsp3) is 0.235. The maximum absolute atomic E-state index is 12.0. The number of ether oxygens (including phenoxy) is 2. The highest BCUT2D eigenvalue weighted by Gasteiger charge is 2.11. The van der Waals surface area contributed by atoms with Gasteiger partial charge in [-0.2, -0.15) is 0 Å². The van der Waals surface area contributed by atoms with E-state index in [1.165, 1.54) is 7.11 Å². The molecule has 2 aromatic rings. The molecule has 0 atom stereocenters. The summed E-state index contributed by atoms with van der Waals surface area (Å²) in [5.41, 5.74) is 9.86. The predicted molar refractivity (Wildman–Crippen MR) is 82.4 cm³/mol. The minimum atomic E-state index is -0.398. The first-order valence-electron chi connectivity index (χ1n) is 6.68. The highest BCUT2D eigenvalue weighted by atomic mass is 16.5. The number of nitrogens with two attached hydrogens (primary N) is 1. The van der Waals surface area contributed by atoms with Crippen LogP contribution in [0.5, 0.6) is 5.75 Å². The summed E-state index contributed by atoms with van der Waals surface area (Å²) >= 11 is 0. The van der Waals surface area contributed by atoms with E-state index in [1.807, 2.05) is 32.0 Å². The van der Waals surface area contributed by atoms with Crippen molar-refractivity contribution in [3.8, 4) is 5.75 Å². The predicted octanol–water partition coefficient (Wildman–Crippen LogP) is 3.25. The van der Waals surface area contributed by atoms with Crippen LogP contribution >= 0.6 is 0 Å². The lowest BCUT2D eigenvalue weighted by Crippen LogP contribution is -2.07. The Bertz CT molecular complexity index is 665. The van der Waals surface area contributed by atoms with Crippen LogP contribution in [0.1, 0.15) is 27.0 Å². The summed E-state index contributed by atoms with van der Waals surface area (Å²) in [6.07, 6.45) is 0. The topological polar surface area (TPSA) is 61.5 Å². The number of benzene rings is 2. The standard InChI is InChI=1S/C17H19NO3/c1-11-4-5-12(2)14(8-11)10-21-17(19)13-6-7-16(20-3)15(18)9-13/h4-9H,10,18H2,1-3H3. The van der Waals surface area contributed by atoms with Crippen LogP contribution < -0.4 is 10.5 Å². The van der Waals surface area contributed by atoms with Gasteiger partial charge in [-0.15, -0.1) is 0 Å². The van der Waals surface area contributed by atoms with Gasteiger partial charge in [0.15, 0.2) is 0 Å². The van der Waals surface area contributed by atoms with Gasteiger partial charge < -0.3 is 15.2 Å². The summed E-state index contributed by atoms with van der Waals surface area (Å²) in [6.45, 7) is 4.25. The van der Waals surface area contributed by atoms with E-state index in [-0.39, 0.29) is 6.61 Å². The fourth-order valence-electron chi connectivity index (χ4n) is 2.04. The summed E-state index contributed by atoms with van der Waals surface area (Å²) < 4.78 is 10.4. The lowest BCUT2D eigenvalue weighted by molar-refractivity contribution is 0.0472. The van der Waals surface area contributed by atoms with E-state index >= 15 is 0 Å². The average molecular weight is 285 g/mol. The molecule has 0 fully saturated rings. The van der Waals surface area contributed by atoms with Crippen molar-refractivity contribution >= 4 is 11.7 Å². The number of anilines is 1. The second-order valence-corrected chi connectivity index (χ2v) is 4.96. The molecule has 0 aliphatic heterocycles. The molecule has 0 saturated heterocycles. The molecule has 0 saturated carbocycles. The van der Waals surface area contributed by atoms with Gasteiger partial charge in [-0.05, 0) is 43.2 Å². The first-order valence-corrected chi connectivity index (χ1v) is 6.68. The Morgan fingerprint density at radius 3 is 2.57 bits per heavy atom. The molecule has 0 amide bonds. The van der Waals surface area contributed by atoms with Gasteiger partial charge in [-0.3, -0.25) is 0 Å². The molecule has 4 heteroatoms. The van der Waals surface area contributed by atoms with Crippen LogP contribution in [0.4, 0.5) is 5.69 Å². The van der Waals surface area contributed by atoms with Crippen molar-refractivity contribution in [3.05, 3.63) is 58.7 Å². The minimum Gasteiger partial charge on any atom is -0.495 e. The molecule has 110 valence electrons. The molecule has 0 spiro atoms. The van der Waals surface area contributed by atoms with Crippen LogP contribution in [0, 0.1) is 13.8 Å². The van der Waals surface area contributed by atoms with Crippen molar-refractivity contribution in [1.82, 2.24) is 0 Å². The number of carbonyl (C=O) groups excluding carboxylic acids is 1. The van der Waals surface area contributed by atoms with Crippen LogP contribution in [-0.2, 0) is 11.3 Å². The summed E-state index contributed by atoms with van der Waals surface area (Å²) in [5, 5.41) is 0. The Morgan fingerprint density at radius 2 is 1.90 bits per heavy atom. The van der Waals surface area contributed by atoms with Gasteiger partial charge in [0, 0.05) is 0 Å². The van der Waals surface area contributed by atoms with E-state index in [0.29, 0.717) is 17.0 Å². The van der Waals surface area contributed by atoms with Crippen molar-refractivity contribution in [2.24, 2.45) is 0 Å². The highest BCUT2D eigenvalue weighted by molar-refractivity contribution is 5.91. The first-order chi connectivity index (χ1) is 10.0. The number of carbonyl (C=O) groups is 1. The van der Waals surface area contributed by atoms with Gasteiger partial charge in [-0.1, -0.05) is 23.8 Å². The minimum absolute atomic E-state index is 0.248. The number of nitrogen functional groups attached to an aromatic ring is 1. The summed E-state index contributed by atoms with van der Waals surface area (Å²) in [6, 6.07) is 10.9. The fourth-order valence-corrected chi connectivity index (χ4v) is 2.04. The zero-order valence-electron chi connectivity index (χ0n) is 12.5. The summed E-state index contributed by atoms with van der Waals surface area (Å²) in [7, 11) is 1.53. The molecule has 0 unspecified atom stereocenters. The van der Waals surface area contributed by atoms with Crippen molar-refractivity contribution < 1.29 is 14.3 Å². The lowest BCUT2D eigenvalue weighted by atomic mass is 10.1. The molecule has 0 aliphatic carbocycles. The van der Waals surface area contributed by atoms with E-state index in [4.69, 9.17) is 15.2 Å². The zero-order valence-corrected chi connectivity index (χ0v) is 12.5. The zero-order chi connectivity index (χ0) is 15.4. The Labute approximate surface area is 124 Å². The molecule has 2 N–H and O–H groups in total. The van der Waals surface area contributed by atoms with Crippen LogP contribution in [0.2, 0.25) is 0 Å². The van der Waals surface area contributed by atoms with E-state index in [2.05, 4.69) is 0 Å². The molecule has 2 rings (SSSR count). The highest BCUT2D eigenvalue weighted by Crippen LogP contribution is 2.22. The van der Waals surface area contributed by atoms with E-state index in [1.54, 1.807) is 18.2 Å². The molecule has 0 radical (unpaired) electrons. The van der Waals surface area contributed by atoms with Crippen LogP contribution in [0.25, 0.3) is 0 Å². The van der Waals surface area contributed by atoms with Gasteiger partial charge in [0.05, 0.1) is 18.4 Å². The second kappa shape index (κ2) is 6.31. The Balaban J connectivity index is 2.08. The summed E-state index contributed by atoms with van der Waals surface area (Å²) in [4.78, 5) is 12.0. The smallest absolute Gasteiger partial charge is 0.338 e. The Kier molecular flexibility index (Phi) is 4.48. The monoisotopic (exact) mass is 285 g/mol. The molecule has 4 nitrogen and oxygen atoms in total. The van der Waals surface area contributed by atoms with Crippen LogP contribution in [0.3, 0.4) is 0 Å². The quantitative estimate of drug-likeness (QED) is 0.692. The molecular weight excluding hydrogens is 266 g/mol. The van der Waals surface area contributed by atoms with Crippen molar-refractivity contribution in [2.45, 2.75) is 20.5 Å². The van der Waals surface area contributed by atoms with Gasteiger partial charge in [0.2, 0.25) is 0 Å². The molecule has 0 aliphatic rings. The normalized spacial score (nSPS) is 10.2. The molecule has 0 heterocycles. The van der Waals surface area contributed by atoms with Gasteiger partial charge in [0.1, 0.15) is 12.4 Å². The molecule has 2 aromatic carbocycles. The van der Waals surface area contributed by atoms with Crippen LogP contribution in [0.15, 0.2) is 36.4 Å². The maximum atomic E-state index is 12.0. The summed E-state index contributed by atoms with van der Waals surface area (Å²) in [5.74, 6) is 0.145. The van der Waals surface area contributed by atoms with Crippen LogP contribution in [-0.4, -0.2) is 13.1 Å². The third kappa shape index (κ3) is 3.54.